The standard InChI is InChI=1S/C7H10ClN3/c8-7-9-6(10-11-7)5-3-1-2-4-5/h5H,1-4H2,(H,9,10,11). The van der Waals surface area contributed by atoms with Crippen LogP contribution in [0, 0.1) is 0 Å². The monoisotopic (exact) mass is 171 g/mol. The molecule has 0 spiro atoms. The van der Waals surface area contributed by atoms with Gasteiger partial charge in [-0.1, -0.05) is 12.8 Å². The molecule has 0 radical (unpaired) electrons. The van der Waals surface area contributed by atoms with Crippen molar-refractivity contribution in [2.24, 2.45) is 0 Å². The minimum atomic E-state index is 0.340. The maximum atomic E-state index is 5.59. The third kappa shape index (κ3) is 1.38. The van der Waals surface area contributed by atoms with Gasteiger partial charge in [-0.2, -0.15) is 0 Å². The summed E-state index contributed by atoms with van der Waals surface area (Å²) in [5.41, 5.74) is 0. The summed E-state index contributed by atoms with van der Waals surface area (Å²) >= 11 is 5.59. The van der Waals surface area contributed by atoms with Crippen LogP contribution in [0.4, 0.5) is 0 Å². The van der Waals surface area contributed by atoms with Gasteiger partial charge < -0.3 is 0 Å². The van der Waals surface area contributed by atoms with E-state index in [1.54, 1.807) is 0 Å². The van der Waals surface area contributed by atoms with Gasteiger partial charge in [0, 0.05) is 5.92 Å². The molecule has 2 rings (SSSR count). The van der Waals surface area contributed by atoms with Gasteiger partial charge in [-0.3, -0.25) is 5.10 Å². The first kappa shape index (κ1) is 7.10. The third-order valence-electron chi connectivity index (χ3n) is 2.22. The van der Waals surface area contributed by atoms with E-state index < -0.39 is 0 Å². The van der Waals surface area contributed by atoms with E-state index >= 15 is 0 Å². The lowest BCUT2D eigenvalue weighted by atomic mass is 10.1. The lowest BCUT2D eigenvalue weighted by Crippen LogP contribution is -1.94. The molecule has 0 aliphatic heterocycles. The average molecular weight is 172 g/mol. The topological polar surface area (TPSA) is 41.6 Å². The van der Waals surface area contributed by atoms with Gasteiger partial charge in [0.2, 0.25) is 5.28 Å². The Morgan fingerprint density at radius 1 is 1.36 bits per heavy atom. The van der Waals surface area contributed by atoms with Gasteiger partial charge in [0.25, 0.3) is 0 Å². The van der Waals surface area contributed by atoms with Crippen molar-refractivity contribution < 1.29 is 0 Å². The highest BCUT2D eigenvalue weighted by atomic mass is 35.5. The Hall–Kier alpha value is -0.570. The summed E-state index contributed by atoms with van der Waals surface area (Å²) in [7, 11) is 0. The smallest absolute Gasteiger partial charge is 0.242 e. The van der Waals surface area contributed by atoms with Gasteiger partial charge in [0.1, 0.15) is 5.82 Å². The van der Waals surface area contributed by atoms with Crippen molar-refractivity contribution in [1.82, 2.24) is 15.2 Å². The maximum Gasteiger partial charge on any atom is 0.242 e. The average Bonchev–Trinajstić information content (AvgIpc) is 2.55. The molecule has 60 valence electrons. The highest BCUT2D eigenvalue weighted by molar-refractivity contribution is 6.28. The molecule has 1 aromatic rings. The number of hydrogen-bond donors (Lipinski definition) is 1. The molecule has 4 heteroatoms. The molecule has 1 aromatic heterocycles. The number of nitrogens with one attached hydrogen (secondary N) is 1. The molecular weight excluding hydrogens is 162 g/mol. The Balaban J connectivity index is 2.15. The second kappa shape index (κ2) is 2.81. The molecule has 0 saturated heterocycles. The van der Waals surface area contributed by atoms with E-state index in [1.165, 1.54) is 25.7 Å². The first-order chi connectivity index (χ1) is 5.36. The van der Waals surface area contributed by atoms with Crippen molar-refractivity contribution >= 4 is 11.6 Å². The molecule has 1 aliphatic rings. The van der Waals surface area contributed by atoms with Gasteiger partial charge >= 0.3 is 0 Å². The van der Waals surface area contributed by atoms with Crippen molar-refractivity contribution in [3.63, 3.8) is 0 Å². The number of H-pyrrole nitrogens is 1. The molecule has 11 heavy (non-hydrogen) atoms. The zero-order valence-electron chi connectivity index (χ0n) is 6.18. The predicted octanol–water partition coefficient (Wildman–Crippen LogP) is 2.12. The molecule has 0 bridgehead atoms. The Morgan fingerprint density at radius 2 is 2.09 bits per heavy atom. The Bertz CT molecular complexity index is 240. The van der Waals surface area contributed by atoms with Crippen LogP contribution < -0.4 is 0 Å². The summed E-state index contributed by atoms with van der Waals surface area (Å²) in [5.74, 6) is 1.54. The largest absolute Gasteiger partial charge is 0.262 e. The number of rotatable bonds is 1. The zero-order chi connectivity index (χ0) is 7.68. The number of hydrogen-bond acceptors (Lipinski definition) is 2. The van der Waals surface area contributed by atoms with Crippen LogP contribution in [0.1, 0.15) is 37.4 Å². The van der Waals surface area contributed by atoms with Gasteiger partial charge in [-0.15, -0.1) is 5.10 Å². The van der Waals surface area contributed by atoms with E-state index in [0.29, 0.717) is 11.2 Å². The molecule has 1 N–H and O–H groups in total. The fourth-order valence-corrected chi connectivity index (χ4v) is 1.77. The third-order valence-corrected chi connectivity index (χ3v) is 2.39. The molecule has 1 aliphatic carbocycles. The molecule has 3 nitrogen and oxygen atoms in total. The van der Waals surface area contributed by atoms with Crippen LogP contribution in [-0.4, -0.2) is 15.2 Å². The van der Waals surface area contributed by atoms with Crippen molar-refractivity contribution in [3.05, 3.63) is 11.1 Å². The lowest BCUT2D eigenvalue weighted by molar-refractivity contribution is 0.672. The van der Waals surface area contributed by atoms with E-state index in [9.17, 15) is 0 Å². The number of aromatic amines is 1. The molecule has 0 aromatic carbocycles. The molecular formula is C7H10ClN3. The van der Waals surface area contributed by atoms with Crippen LogP contribution in [0.2, 0.25) is 5.28 Å². The minimum Gasteiger partial charge on any atom is -0.262 e. The van der Waals surface area contributed by atoms with Crippen molar-refractivity contribution in [1.29, 1.82) is 0 Å². The fraction of sp³-hybridized carbons (Fsp3) is 0.714. The van der Waals surface area contributed by atoms with Gasteiger partial charge in [0.15, 0.2) is 0 Å². The van der Waals surface area contributed by atoms with E-state index in [0.717, 1.165) is 5.82 Å². The van der Waals surface area contributed by atoms with E-state index in [1.807, 2.05) is 0 Å². The van der Waals surface area contributed by atoms with Gasteiger partial charge in [-0.25, -0.2) is 4.98 Å². The van der Waals surface area contributed by atoms with E-state index in [4.69, 9.17) is 11.6 Å². The minimum absolute atomic E-state index is 0.340. The van der Waals surface area contributed by atoms with E-state index in [2.05, 4.69) is 15.2 Å². The second-order valence-electron chi connectivity index (χ2n) is 2.97. The molecule has 0 unspecified atom stereocenters. The first-order valence-electron chi connectivity index (χ1n) is 3.94. The summed E-state index contributed by atoms with van der Waals surface area (Å²) in [6.07, 6.45) is 5.07. The fourth-order valence-electron chi connectivity index (χ4n) is 1.63. The summed E-state index contributed by atoms with van der Waals surface area (Å²) in [6.45, 7) is 0. The summed E-state index contributed by atoms with van der Waals surface area (Å²) in [4.78, 5) is 4.09. The van der Waals surface area contributed by atoms with Crippen LogP contribution in [0.3, 0.4) is 0 Å². The van der Waals surface area contributed by atoms with E-state index in [-0.39, 0.29) is 0 Å². The normalized spacial score (nSPS) is 19.4. The van der Waals surface area contributed by atoms with Crippen LogP contribution in [-0.2, 0) is 0 Å². The number of nitrogens with zero attached hydrogens (tertiary/aromatic N) is 2. The number of aromatic nitrogens is 3. The highest BCUT2D eigenvalue weighted by Gasteiger charge is 2.19. The van der Waals surface area contributed by atoms with Crippen molar-refractivity contribution in [2.45, 2.75) is 31.6 Å². The first-order valence-corrected chi connectivity index (χ1v) is 4.32. The zero-order valence-corrected chi connectivity index (χ0v) is 6.93. The molecule has 1 heterocycles. The highest BCUT2D eigenvalue weighted by Crippen LogP contribution is 2.31. The predicted molar refractivity (Wildman–Crippen MR) is 42.6 cm³/mol. The summed E-state index contributed by atoms with van der Waals surface area (Å²) in [5, 5.41) is 6.98. The molecule has 0 amide bonds. The molecule has 1 fully saturated rings. The molecule has 1 saturated carbocycles. The molecule has 0 atom stereocenters. The maximum absolute atomic E-state index is 5.59. The van der Waals surface area contributed by atoms with Crippen LogP contribution in [0.25, 0.3) is 0 Å². The lowest BCUT2D eigenvalue weighted by Gasteiger charge is -2.01. The quantitative estimate of drug-likeness (QED) is 0.703. The van der Waals surface area contributed by atoms with Crippen molar-refractivity contribution in [2.75, 3.05) is 0 Å². The summed E-state index contributed by atoms with van der Waals surface area (Å²) in [6, 6.07) is 0. The van der Waals surface area contributed by atoms with Gasteiger partial charge in [0.05, 0.1) is 0 Å². The van der Waals surface area contributed by atoms with Crippen LogP contribution in [0.15, 0.2) is 0 Å². The van der Waals surface area contributed by atoms with Crippen LogP contribution in [0.5, 0.6) is 0 Å². The Morgan fingerprint density at radius 3 is 2.64 bits per heavy atom. The Labute approximate surface area is 70.2 Å². The van der Waals surface area contributed by atoms with Crippen molar-refractivity contribution in [3.8, 4) is 0 Å². The van der Waals surface area contributed by atoms with Gasteiger partial charge in [-0.05, 0) is 24.4 Å². The van der Waals surface area contributed by atoms with Crippen LogP contribution >= 0.6 is 11.6 Å². The number of halogens is 1. The SMILES string of the molecule is Clc1n[nH]c(C2CCCC2)n1. The second-order valence-corrected chi connectivity index (χ2v) is 3.31. The Kier molecular flexibility index (Phi) is 1.82. The summed E-state index contributed by atoms with van der Waals surface area (Å²) < 4.78 is 0.